The van der Waals surface area contributed by atoms with Crippen molar-refractivity contribution in [2.24, 2.45) is 17.8 Å². The summed E-state index contributed by atoms with van der Waals surface area (Å²) in [5.74, 6) is 2.28. The van der Waals surface area contributed by atoms with Crippen LogP contribution >= 0.6 is 8.60 Å². The molecule has 2 unspecified atom stereocenters. The number of unbranched alkanes of at least 4 members (excludes halogenated alkanes) is 12. The zero-order chi connectivity index (χ0) is 42.6. The Bertz CT molecular complexity index is 1330. The normalized spacial score (nSPS) is 21.0. The van der Waals surface area contributed by atoms with Gasteiger partial charge in [-0.3, -0.25) is 0 Å². The topological polar surface area (TPSA) is 38.7 Å². The molecule has 0 saturated carbocycles. The summed E-state index contributed by atoms with van der Waals surface area (Å²) in [6, 6.07) is 10.3. The SMILES string of the molecule is [2H]c1c(C)ccc(C(C)(C)C)c1CCCCCCCCCC1CCCOP(O)OCCCC(CCCCCCCCCc2c(C(C)(C)C)ccc(C)c2[2H])C1CCC. The zero-order valence-corrected chi connectivity index (χ0v) is 39.0. The maximum Gasteiger partial charge on any atom is 0.329 e. The first-order valence-electron chi connectivity index (χ1n) is 24.6. The van der Waals surface area contributed by atoms with Gasteiger partial charge in [0.25, 0.3) is 0 Å². The lowest BCUT2D eigenvalue weighted by Crippen LogP contribution is -2.25. The second kappa shape index (κ2) is 26.8. The molecule has 3 rings (SSSR count). The van der Waals surface area contributed by atoms with Gasteiger partial charge in [0, 0.05) is 0 Å². The third kappa shape index (κ3) is 19.2. The molecule has 1 saturated heterocycles. The summed E-state index contributed by atoms with van der Waals surface area (Å²) in [5.41, 5.74) is 7.63. The Morgan fingerprint density at radius 3 is 1.34 bits per heavy atom. The van der Waals surface area contributed by atoms with E-state index in [9.17, 15) is 4.89 Å². The van der Waals surface area contributed by atoms with E-state index in [2.05, 4.69) is 86.6 Å². The summed E-state index contributed by atoms with van der Waals surface area (Å²) in [4.78, 5) is 10.3. The average molecular weight is 795 g/mol. The van der Waals surface area contributed by atoms with Crippen LogP contribution in [-0.2, 0) is 32.7 Å². The van der Waals surface area contributed by atoms with Crippen molar-refractivity contribution in [1.29, 1.82) is 0 Å². The van der Waals surface area contributed by atoms with Gasteiger partial charge in [-0.1, -0.05) is 199 Å². The lowest BCUT2D eigenvalue weighted by Gasteiger charge is -2.35. The highest BCUT2D eigenvalue weighted by atomic mass is 31.2. The third-order valence-corrected chi connectivity index (χ3v) is 13.4. The van der Waals surface area contributed by atoms with Crippen LogP contribution < -0.4 is 0 Å². The first-order valence-corrected chi connectivity index (χ1v) is 24.7. The van der Waals surface area contributed by atoms with Crippen LogP contribution in [0.3, 0.4) is 0 Å². The van der Waals surface area contributed by atoms with Crippen molar-refractivity contribution in [2.45, 2.75) is 227 Å². The van der Waals surface area contributed by atoms with Crippen molar-refractivity contribution in [3.63, 3.8) is 0 Å². The van der Waals surface area contributed by atoms with Gasteiger partial charge in [0.2, 0.25) is 0 Å². The quantitative estimate of drug-likeness (QED) is 0.0953. The molecule has 56 heavy (non-hydrogen) atoms. The largest absolute Gasteiger partial charge is 0.329 e. The zero-order valence-electron chi connectivity index (χ0n) is 40.1. The molecule has 0 aliphatic carbocycles. The summed E-state index contributed by atoms with van der Waals surface area (Å²) < 4.78 is 28.8. The van der Waals surface area contributed by atoms with Crippen LogP contribution in [0.15, 0.2) is 36.4 Å². The fraction of sp³-hybridized carbons (Fsp3) is 0.769. The molecule has 4 heteroatoms. The fourth-order valence-electron chi connectivity index (χ4n) is 9.64. The summed E-state index contributed by atoms with van der Waals surface area (Å²) >= 11 is 0. The molecule has 3 nitrogen and oxygen atoms in total. The molecule has 1 aliphatic rings. The molecule has 1 heterocycles. The van der Waals surface area contributed by atoms with Gasteiger partial charge in [0.05, 0.1) is 16.0 Å². The monoisotopic (exact) mass is 795 g/mol. The number of hydrogen-bond donors (Lipinski definition) is 1. The van der Waals surface area contributed by atoms with Gasteiger partial charge >= 0.3 is 8.60 Å². The van der Waals surface area contributed by atoms with E-state index in [0.29, 0.717) is 13.2 Å². The second-order valence-electron chi connectivity index (χ2n) is 19.8. The van der Waals surface area contributed by atoms with Gasteiger partial charge < -0.3 is 13.9 Å². The second-order valence-corrected chi connectivity index (χ2v) is 20.7. The van der Waals surface area contributed by atoms with Gasteiger partial charge in [0.15, 0.2) is 0 Å². The van der Waals surface area contributed by atoms with Crippen LogP contribution in [0.1, 0.15) is 226 Å². The van der Waals surface area contributed by atoms with Crippen molar-refractivity contribution in [3.8, 4) is 0 Å². The number of rotatable bonds is 22. The average Bonchev–Trinajstić information content (AvgIpc) is 3.16. The van der Waals surface area contributed by atoms with E-state index >= 15 is 0 Å². The number of benzene rings is 2. The third-order valence-electron chi connectivity index (χ3n) is 12.6. The summed E-state index contributed by atoms with van der Waals surface area (Å²) in [6.45, 7) is 21.4. The molecule has 1 N–H and O–H groups in total. The minimum atomic E-state index is -1.74. The first-order chi connectivity index (χ1) is 27.6. The van der Waals surface area contributed by atoms with E-state index in [1.54, 1.807) is 0 Å². The molecule has 2 aromatic carbocycles. The Hall–Kier alpha value is -1.25. The molecule has 0 spiro atoms. The molecule has 2 aromatic rings. The predicted molar refractivity (Wildman–Crippen MR) is 246 cm³/mol. The highest BCUT2D eigenvalue weighted by molar-refractivity contribution is 7.40. The lowest BCUT2D eigenvalue weighted by molar-refractivity contribution is 0.129. The van der Waals surface area contributed by atoms with E-state index in [0.717, 1.165) is 66.6 Å². The maximum atomic E-state index is 10.3. The van der Waals surface area contributed by atoms with Gasteiger partial charge in [0.1, 0.15) is 0 Å². The van der Waals surface area contributed by atoms with Crippen LogP contribution in [0.2, 0.25) is 0 Å². The minimum Gasteiger partial charge on any atom is -0.328 e. The molecule has 2 atom stereocenters. The van der Waals surface area contributed by atoms with Crippen molar-refractivity contribution < 1.29 is 16.7 Å². The van der Waals surface area contributed by atoms with Crippen molar-refractivity contribution in [2.75, 3.05) is 13.2 Å². The highest BCUT2D eigenvalue weighted by Crippen LogP contribution is 2.41. The first kappa shape index (κ1) is 45.8. The van der Waals surface area contributed by atoms with Crippen LogP contribution in [-0.4, -0.2) is 18.1 Å². The van der Waals surface area contributed by atoms with Gasteiger partial charge in [-0.05, 0) is 116 Å². The molecular formula is C52H89O3P. The molecule has 1 aliphatic heterocycles. The summed E-state index contributed by atoms with van der Waals surface area (Å²) in [6.07, 6.45) is 29.9. The van der Waals surface area contributed by atoms with Crippen LogP contribution in [0, 0.1) is 31.6 Å². The summed E-state index contributed by atoms with van der Waals surface area (Å²) in [7, 11) is -1.74. The summed E-state index contributed by atoms with van der Waals surface area (Å²) in [5, 5.41) is 0. The van der Waals surface area contributed by atoms with Crippen LogP contribution in [0.4, 0.5) is 0 Å². The van der Waals surface area contributed by atoms with E-state index in [4.69, 9.17) is 11.8 Å². The van der Waals surface area contributed by atoms with Crippen LogP contribution in [0.5, 0.6) is 0 Å². The molecule has 0 amide bonds. The van der Waals surface area contributed by atoms with E-state index in [1.807, 2.05) is 0 Å². The molecule has 0 aromatic heterocycles. The van der Waals surface area contributed by atoms with Crippen molar-refractivity contribution in [3.05, 3.63) is 69.7 Å². The molecule has 1 fully saturated rings. The molecule has 0 radical (unpaired) electrons. The van der Waals surface area contributed by atoms with Gasteiger partial charge in [-0.2, -0.15) is 0 Å². The van der Waals surface area contributed by atoms with Gasteiger partial charge in [-0.25, -0.2) is 0 Å². The Balaban J connectivity index is 1.43. The molecule has 0 bridgehead atoms. The van der Waals surface area contributed by atoms with Crippen molar-refractivity contribution >= 4 is 8.60 Å². The standard InChI is InChI=1S/C52H89O3P/c1-10-27-48-44(28-21-17-13-11-15-19-23-30-46-40-42(2)34-36-49(46)51(4,5)6)32-25-38-54-56(53)55-39-26-33-45(48)29-22-18-14-12-16-20-24-31-47-41-43(3)35-37-50(47)52(7,8)9/h34-37,40-41,44-45,48,53H,10-33,38-39H2,1-9H3/i40D,41D. The number of aryl methyl sites for hydroxylation is 2. The Morgan fingerprint density at radius 1 is 0.589 bits per heavy atom. The Kier molecular flexibility index (Phi) is 21.9. The fourth-order valence-corrected chi connectivity index (χ4v) is 10.3. The lowest BCUT2D eigenvalue weighted by atomic mass is 9.71. The van der Waals surface area contributed by atoms with E-state index in [1.165, 1.54) is 151 Å². The minimum absolute atomic E-state index is 0.0844. The predicted octanol–water partition coefficient (Wildman–Crippen LogP) is 16.4. The smallest absolute Gasteiger partial charge is 0.328 e. The Labute approximate surface area is 352 Å². The highest BCUT2D eigenvalue weighted by Gasteiger charge is 2.29. The van der Waals surface area contributed by atoms with E-state index < -0.39 is 8.60 Å². The van der Waals surface area contributed by atoms with Crippen molar-refractivity contribution in [1.82, 2.24) is 0 Å². The number of hydrogen-bond acceptors (Lipinski definition) is 3. The Morgan fingerprint density at radius 2 is 0.964 bits per heavy atom. The molecule has 320 valence electrons. The molecular weight excluding hydrogens is 704 g/mol. The van der Waals surface area contributed by atoms with E-state index in [-0.39, 0.29) is 10.8 Å². The van der Waals surface area contributed by atoms with Gasteiger partial charge in [-0.15, -0.1) is 0 Å². The van der Waals surface area contributed by atoms with Crippen LogP contribution in [0.25, 0.3) is 0 Å². The maximum absolute atomic E-state index is 10.3.